The smallest absolute Gasteiger partial charge is 0.418 e. The van der Waals surface area contributed by atoms with Gasteiger partial charge in [-0.3, -0.25) is 9.78 Å². The Morgan fingerprint density at radius 2 is 2.00 bits per heavy atom. The van der Waals surface area contributed by atoms with Gasteiger partial charge in [-0.1, -0.05) is 12.1 Å². The molecule has 4 nitrogen and oxygen atoms in total. The number of hydrogen-bond donors (Lipinski definition) is 0. The van der Waals surface area contributed by atoms with Crippen LogP contribution in [-0.2, 0) is 15.7 Å². The van der Waals surface area contributed by atoms with Crippen molar-refractivity contribution in [3.8, 4) is 0 Å². The molecule has 0 spiro atoms. The highest BCUT2D eigenvalue weighted by atomic mass is 35.5. The van der Waals surface area contributed by atoms with Gasteiger partial charge >= 0.3 is 12.1 Å². The monoisotopic (exact) mass is 358 g/mol. The van der Waals surface area contributed by atoms with Crippen LogP contribution in [0.25, 0.3) is 10.9 Å². The topological polar surface area (TPSA) is 42.4 Å². The number of rotatable bonds is 1. The summed E-state index contributed by atoms with van der Waals surface area (Å²) in [5.41, 5.74) is -0.115. The second-order valence-corrected chi connectivity index (χ2v) is 5.93. The maximum Gasteiger partial charge on any atom is 0.418 e. The van der Waals surface area contributed by atoms with Gasteiger partial charge in [0.2, 0.25) is 0 Å². The number of para-hydroxylation sites is 1. The molecule has 0 bridgehead atoms. The number of benzene rings is 1. The third-order valence-corrected chi connectivity index (χ3v) is 4.58. The lowest BCUT2D eigenvalue weighted by Crippen LogP contribution is -2.23. The zero-order valence-electron chi connectivity index (χ0n) is 12.4. The Hall–Kier alpha value is -2.02. The van der Waals surface area contributed by atoms with Gasteiger partial charge in [-0.25, -0.2) is 0 Å². The molecule has 3 heterocycles. The molecule has 0 amide bonds. The molecule has 0 aliphatic carbocycles. The summed E-state index contributed by atoms with van der Waals surface area (Å²) in [7, 11) is 0. The number of nitrogens with zero attached hydrogens (tertiary/aromatic N) is 2. The van der Waals surface area contributed by atoms with Gasteiger partial charge in [0.05, 0.1) is 23.6 Å². The maximum atomic E-state index is 13.2. The first kappa shape index (κ1) is 16.8. The van der Waals surface area contributed by atoms with E-state index < -0.39 is 11.7 Å². The van der Waals surface area contributed by atoms with Crippen molar-refractivity contribution < 1.29 is 22.7 Å². The minimum atomic E-state index is -4.45. The van der Waals surface area contributed by atoms with E-state index >= 15 is 0 Å². The van der Waals surface area contributed by atoms with Crippen molar-refractivity contribution in [3.63, 3.8) is 0 Å². The van der Waals surface area contributed by atoms with E-state index in [4.69, 9.17) is 4.74 Å². The minimum Gasteiger partial charge on any atom is -0.465 e. The highest BCUT2D eigenvalue weighted by molar-refractivity contribution is 5.94. The first-order valence-corrected chi connectivity index (χ1v) is 7.31. The third kappa shape index (κ3) is 2.56. The number of pyridine rings is 1. The number of esters is 1. The van der Waals surface area contributed by atoms with E-state index in [0.29, 0.717) is 30.8 Å². The van der Waals surface area contributed by atoms with Gasteiger partial charge in [-0.2, -0.15) is 13.2 Å². The first-order chi connectivity index (χ1) is 10.9. The molecule has 0 N–H and O–H groups in total. The van der Waals surface area contributed by atoms with E-state index in [9.17, 15) is 18.0 Å². The van der Waals surface area contributed by atoms with E-state index in [-0.39, 0.29) is 35.7 Å². The molecule has 2 aliphatic rings. The number of cyclic esters (lactones) is 1. The summed E-state index contributed by atoms with van der Waals surface area (Å²) < 4.78 is 44.5. The van der Waals surface area contributed by atoms with Crippen molar-refractivity contribution in [3.05, 3.63) is 36.0 Å². The molecule has 1 aromatic heterocycles. The van der Waals surface area contributed by atoms with Crippen LogP contribution >= 0.6 is 12.4 Å². The second kappa shape index (κ2) is 5.81. The van der Waals surface area contributed by atoms with Crippen LogP contribution in [0.3, 0.4) is 0 Å². The minimum absolute atomic E-state index is 0. The highest BCUT2D eigenvalue weighted by Gasteiger charge is 2.44. The molecule has 24 heavy (non-hydrogen) atoms. The van der Waals surface area contributed by atoms with Gasteiger partial charge in [0, 0.05) is 36.3 Å². The number of fused-ring (bicyclic) bond motifs is 2. The van der Waals surface area contributed by atoms with Crippen molar-refractivity contribution in [2.24, 2.45) is 11.8 Å². The normalized spacial score (nSPS) is 23.1. The quantitative estimate of drug-likeness (QED) is 0.734. The van der Waals surface area contributed by atoms with Gasteiger partial charge in [0.1, 0.15) is 0 Å². The molecule has 2 fully saturated rings. The SMILES string of the molecule is Cl.O=C1OC[C@H]2CN(c3ccnc4c(C(F)(F)F)cccc34)C[C@@H]12. The number of alkyl halides is 3. The summed E-state index contributed by atoms with van der Waals surface area (Å²) in [5, 5.41) is 0.454. The molecule has 2 aromatic rings. The summed E-state index contributed by atoms with van der Waals surface area (Å²) in [5.74, 6) is -0.299. The number of ether oxygens (including phenoxy) is 1. The van der Waals surface area contributed by atoms with Gasteiger partial charge in [0.15, 0.2) is 0 Å². The molecule has 1 aromatic carbocycles. The van der Waals surface area contributed by atoms with Crippen LogP contribution in [-0.4, -0.2) is 30.6 Å². The molecule has 2 aliphatic heterocycles. The summed E-state index contributed by atoms with van der Waals surface area (Å²) in [4.78, 5) is 17.6. The van der Waals surface area contributed by atoms with Gasteiger partial charge in [0.25, 0.3) is 0 Å². The van der Waals surface area contributed by atoms with E-state index in [1.54, 1.807) is 12.1 Å². The van der Waals surface area contributed by atoms with Crippen molar-refractivity contribution in [2.45, 2.75) is 6.18 Å². The van der Waals surface area contributed by atoms with E-state index in [2.05, 4.69) is 4.98 Å². The summed E-state index contributed by atoms with van der Waals surface area (Å²) in [6.45, 7) is 1.46. The molecule has 8 heteroatoms. The van der Waals surface area contributed by atoms with Crippen molar-refractivity contribution in [1.82, 2.24) is 4.98 Å². The molecule has 2 atom stereocenters. The summed E-state index contributed by atoms with van der Waals surface area (Å²) >= 11 is 0. The number of carbonyl (C=O) groups is 1. The molecule has 128 valence electrons. The lowest BCUT2D eigenvalue weighted by Gasteiger charge is -2.22. The second-order valence-electron chi connectivity index (χ2n) is 5.93. The Balaban J connectivity index is 0.00000169. The van der Waals surface area contributed by atoms with Crippen molar-refractivity contribution in [1.29, 1.82) is 0 Å². The number of hydrogen-bond acceptors (Lipinski definition) is 4. The predicted molar refractivity (Wildman–Crippen MR) is 84.1 cm³/mol. The Kier molecular flexibility index (Phi) is 4.07. The Labute approximate surface area is 142 Å². The average Bonchev–Trinajstić information content (AvgIpc) is 3.07. The molecule has 0 radical (unpaired) electrons. The maximum absolute atomic E-state index is 13.2. The number of carbonyl (C=O) groups excluding carboxylic acids is 1. The lowest BCUT2D eigenvalue weighted by molar-refractivity contribution is -0.141. The van der Waals surface area contributed by atoms with Gasteiger partial charge in [-0.05, 0) is 12.1 Å². The fourth-order valence-corrected chi connectivity index (χ4v) is 3.47. The Morgan fingerprint density at radius 3 is 2.71 bits per heavy atom. The Bertz CT molecular complexity index is 796. The average molecular weight is 359 g/mol. The van der Waals surface area contributed by atoms with E-state index in [1.807, 2.05) is 4.90 Å². The molecule has 4 rings (SSSR count). The molecular weight excluding hydrogens is 345 g/mol. The largest absolute Gasteiger partial charge is 0.465 e. The zero-order valence-corrected chi connectivity index (χ0v) is 13.2. The first-order valence-electron chi connectivity index (χ1n) is 7.31. The third-order valence-electron chi connectivity index (χ3n) is 4.58. The van der Waals surface area contributed by atoms with E-state index in [1.165, 1.54) is 12.3 Å². The molecular formula is C16H14ClF3N2O2. The number of anilines is 1. The van der Waals surface area contributed by atoms with Crippen LogP contribution in [0.1, 0.15) is 5.56 Å². The van der Waals surface area contributed by atoms with Crippen molar-refractivity contribution >= 4 is 35.0 Å². The summed E-state index contributed by atoms with van der Waals surface area (Å²) in [6.07, 6.45) is -3.06. The number of halogens is 4. The number of aromatic nitrogens is 1. The Morgan fingerprint density at radius 1 is 1.21 bits per heavy atom. The molecule has 2 saturated heterocycles. The predicted octanol–water partition coefficient (Wildman–Crippen LogP) is 3.28. The van der Waals surface area contributed by atoms with Crippen LogP contribution < -0.4 is 4.90 Å². The fourth-order valence-electron chi connectivity index (χ4n) is 3.47. The standard InChI is InChI=1S/C16H13F3N2O2.ClH/c17-16(18,19)12-3-1-2-10-13(4-5-20-14(10)12)21-6-9-8-23-15(22)11(9)7-21;/h1-5,9,11H,6-8H2;1H/t9-,11-;/m1./s1. The van der Waals surface area contributed by atoms with Crippen LogP contribution in [0, 0.1) is 11.8 Å². The van der Waals surface area contributed by atoms with Crippen LogP contribution in [0.5, 0.6) is 0 Å². The zero-order chi connectivity index (χ0) is 16.2. The van der Waals surface area contributed by atoms with E-state index in [0.717, 1.165) is 6.07 Å². The van der Waals surface area contributed by atoms with Crippen molar-refractivity contribution in [2.75, 3.05) is 24.6 Å². The van der Waals surface area contributed by atoms with Crippen LogP contribution in [0.4, 0.5) is 18.9 Å². The highest BCUT2D eigenvalue weighted by Crippen LogP contribution is 2.39. The molecule has 0 unspecified atom stereocenters. The van der Waals surface area contributed by atoms with Crippen LogP contribution in [0.2, 0.25) is 0 Å². The van der Waals surface area contributed by atoms with Crippen LogP contribution in [0.15, 0.2) is 30.5 Å². The lowest BCUT2D eigenvalue weighted by atomic mass is 10.0. The fraction of sp³-hybridized carbons (Fsp3) is 0.375. The summed E-state index contributed by atoms with van der Waals surface area (Å²) in [6, 6.07) is 5.77. The molecule has 0 saturated carbocycles. The van der Waals surface area contributed by atoms with Gasteiger partial charge in [-0.15, -0.1) is 12.4 Å². The van der Waals surface area contributed by atoms with Gasteiger partial charge < -0.3 is 9.64 Å².